The van der Waals surface area contributed by atoms with Crippen LogP contribution < -0.4 is 24.7 Å². The van der Waals surface area contributed by atoms with Crippen LogP contribution in [0.4, 0.5) is 24.8 Å². The lowest BCUT2D eigenvalue weighted by molar-refractivity contribution is -0.497. The lowest BCUT2D eigenvalue weighted by atomic mass is 10.1. The minimum Gasteiger partial charge on any atom is -0.542 e. The van der Waals surface area contributed by atoms with Gasteiger partial charge in [-0.25, -0.2) is 14.4 Å². The number of rotatable bonds is 3. The summed E-state index contributed by atoms with van der Waals surface area (Å²) in [4.78, 5) is 30.6. The number of anilines is 2. The van der Waals surface area contributed by atoms with Gasteiger partial charge in [0, 0.05) is 22.5 Å². The van der Waals surface area contributed by atoms with Gasteiger partial charge in [0.1, 0.15) is 5.97 Å². The number of nitrogens with zero attached hydrogens (tertiary/aromatic N) is 2. The number of benzene rings is 1. The quantitative estimate of drug-likeness (QED) is 0.419. The first-order valence-electron chi connectivity index (χ1n) is 10.6. The topological polar surface area (TPSA) is 116 Å². The smallest absolute Gasteiger partial charge is 0.430 e. The number of carboxylic acid groups (broad SMARTS) is 1. The Morgan fingerprint density at radius 3 is 2.57 bits per heavy atom. The summed E-state index contributed by atoms with van der Waals surface area (Å²) in [5.74, 6) is -2.27. The molecular weight excluding hydrogens is 467 g/mol. The normalized spacial score (nSPS) is 13.9. The molecule has 0 bridgehead atoms. The summed E-state index contributed by atoms with van der Waals surface area (Å²) in [5.41, 5.74) is 2.17. The molecule has 0 aliphatic carbocycles. The average Bonchev–Trinajstić information content (AvgIpc) is 3.25. The fourth-order valence-corrected chi connectivity index (χ4v) is 3.71. The third-order valence-corrected chi connectivity index (χ3v) is 5.32. The molecular formula is C23H21F3N5O4+. The predicted molar refractivity (Wildman–Crippen MR) is 117 cm³/mol. The summed E-state index contributed by atoms with van der Waals surface area (Å²) in [6, 6.07) is 13.7. The highest BCUT2D eigenvalue weighted by Crippen LogP contribution is 2.23. The lowest BCUT2D eigenvalue weighted by Crippen LogP contribution is -2.41. The number of carbonyl (C=O) groups is 2. The van der Waals surface area contributed by atoms with Crippen molar-refractivity contribution in [1.82, 2.24) is 4.98 Å². The number of carboxylic acids is 1. The third kappa shape index (κ3) is 5.32. The van der Waals surface area contributed by atoms with E-state index in [9.17, 15) is 18.0 Å². The lowest BCUT2D eigenvalue weighted by Gasteiger charge is -2.21. The SMILES string of the molecule is O=C(Nc1cccc2c[nH+]ccc12)c1[nH]c(N2CCOCC2)[n+]2ccccc12.O=C([O-])C(F)(F)F. The standard InChI is InChI=1S/C21H19N5O2.C2HF3O2/c27-20(23-17-5-3-4-15-14-22-8-7-16(15)17)19-18-6-1-2-9-26(18)21(24-19)25-10-12-28-13-11-25;3-2(4,5)1(6)7/h1-9,14H,10-13H2,(H,23,27);(H,6,7)/p+1. The van der Waals surface area contributed by atoms with Gasteiger partial charge in [-0.1, -0.05) is 12.1 Å². The van der Waals surface area contributed by atoms with E-state index in [1.807, 2.05) is 65.5 Å². The van der Waals surface area contributed by atoms with Crippen molar-refractivity contribution in [3.8, 4) is 0 Å². The second-order valence-corrected chi connectivity index (χ2v) is 7.57. The molecule has 0 radical (unpaired) electrons. The van der Waals surface area contributed by atoms with E-state index in [1.54, 1.807) is 0 Å². The summed E-state index contributed by atoms with van der Waals surface area (Å²) < 4.78 is 39.0. The van der Waals surface area contributed by atoms with Gasteiger partial charge in [0.05, 0.1) is 32.5 Å². The zero-order chi connectivity index (χ0) is 25.0. The number of hydrogen-bond acceptors (Lipinski definition) is 5. The summed E-state index contributed by atoms with van der Waals surface area (Å²) in [6.45, 7) is 2.95. The van der Waals surface area contributed by atoms with E-state index in [2.05, 4.69) is 20.2 Å². The van der Waals surface area contributed by atoms with Gasteiger partial charge >= 0.3 is 12.1 Å². The Hall–Kier alpha value is -4.19. The Kier molecular flexibility index (Phi) is 6.82. The maximum atomic E-state index is 13.2. The molecule has 1 amide bonds. The number of amides is 1. The van der Waals surface area contributed by atoms with Crippen molar-refractivity contribution in [3.05, 3.63) is 66.7 Å². The molecule has 3 N–H and O–H groups in total. The highest BCUT2D eigenvalue weighted by molar-refractivity contribution is 6.10. The Bertz CT molecular complexity index is 1360. The van der Waals surface area contributed by atoms with Crippen LogP contribution >= 0.6 is 0 Å². The molecule has 0 atom stereocenters. The Morgan fingerprint density at radius 2 is 1.86 bits per heavy atom. The number of ether oxygens (including phenoxy) is 1. The minimum absolute atomic E-state index is 0.163. The number of H-pyrrole nitrogens is 2. The van der Waals surface area contributed by atoms with Crippen molar-refractivity contribution in [1.29, 1.82) is 0 Å². The number of imidazole rings is 1. The molecule has 4 heterocycles. The maximum Gasteiger partial charge on any atom is 0.430 e. The first-order chi connectivity index (χ1) is 16.8. The van der Waals surface area contributed by atoms with Gasteiger partial charge in [-0.3, -0.25) is 9.69 Å². The highest BCUT2D eigenvalue weighted by Gasteiger charge is 2.29. The van der Waals surface area contributed by atoms with Crippen LogP contribution in [-0.2, 0) is 9.53 Å². The van der Waals surface area contributed by atoms with Gasteiger partial charge in [-0.05, 0) is 24.3 Å². The van der Waals surface area contributed by atoms with Gasteiger partial charge in [-0.15, -0.1) is 0 Å². The second kappa shape index (κ2) is 9.97. The highest BCUT2D eigenvalue weighted by atomic mass is 19.4. The molecule has 1 aliphatic heterocycles. The number of fused-ring (bicyclic) bond motifs is 2. The second-order valence-electron chi connectivity index (χ2n) is 7.57. The van der Waals surface area contributed by atoms with Crippen LogP contribution in [0.3, 0.4) is 0 Å². The molecule has 1 fully saturated rings. The van der Waals surface area contributed by atoms with E-state index in [0.29, 0.717) is 18.9 Å². The first kappa shape index (κ1) is 24.0. The fraction of sp³-hybridized carbons (Fsp3) is 0.217. The Labute approximate surface area is 196 Å². The molecule has 3 aromatic heterocycles. The van der Waals surface area contributed by atoms with Crippen molar-refractivity contribution in [3.63, 3.8) is 0 Å². The monoisotopic (exact) mass is 488 g/mol. The summed E-state index contributed by atoms with van der Waals surface area (Å²) >= 11 is 0. The van der Waals surface area contributed by atoms with Crippen molar-refractivity contribution < 1.29 is 42.0 Å². The molecule has 4 aromatic rings. The van der Waals surface area contributed by atoms with E-state index < -0.39 is 12.1 Å². The van der Waals surface area contributed by atoms with Crippen LogP contribution in [0.1, 0.15) is 10.5 Å². The number of hydrogen-bond donors (Lipinski definition) is 2. The summed E-state index contributed by atoms with van der Waals surface area (Å²) in [7, 11) is 0. The molecule has 1 aliphatic rings. The van der Waals surface area contributed by atoms with E-state index in [0.717, 1.165) is 41.0 Å². The number of nitrogens with one attached hydrogen (secondary N) is 3. The molecule has 0 unspecified atom stereocenters. The minimum atomic E-state index is -5.19. The summed E-state index contributed by atoms with van der Waals surface area (Å²) in [5, 5.41) is 13.9. The molecule has 5 rings (SSSR count). The number of aliphatic carboxylic acids is 1. The van der Waals surface area contributed by atoms with Crippen LogP contribution in [0.25, 0.3) is 16.3 Å². The van der Waals surface area contributed by atoms with Gasteiger partial charge in [0.15, 0.2) is 17.9 Å². The average molecular weight is 488 g/mol. The molecule has 35 heavy (non-hydrogen) atoms. The van der Waals surface area contributed by atoms with Crippen molar-refractivity contribution in [2.24, 2.45) is 0 Å². The van der Waals surface area contributed by atoms with E-state index in [1.165, 1.54) is 0 Å². The largest absolute Gasteiger partial charge is 0.542 e. The number of halogens is 3. The number of pyridine rings is 2. The molecule has 0 saturated carbocycles. The molecule has 0 spiro atoms. The number of aromatic nitrogens is 3. The Balaban J connectivity index is 0.000000364. The van der Waals surface area contributed by atoms with Gasteiger partial charge in [0.25, 0.3) is 5.91 Å². The van der Waals surface area contributed by atoms with E-state index >= 15 is 0 Å². The van der Waals surface area contributed by atoms with Gasteiger partial charge in [-0.2, -0.15) is 13.2 Å². The van der Waals surface area contributed by atoms with Crippen molar-refractivity contribution in [2.75, 3.05) is 36.5 Å². The van der Waals surface area contributed by atoms with E-state index in [-0.39, 0.29) is 5.91 Å². The predicted octanol–water partition coefficient (Wildman–Crippen LogP) is 1.11. The van der Waals surface area contributed by atoms with Gasteiger partial charge in [0.2, 0.25) is 5.69 Å². The zero-order valence-corrected chi connectivity index (χ0v) is 18.3. The molecule has 1 aromatic carbocycles. The number of aromatic amines is 2. The van der Waals surface area contributed by atoms with Crippen LogP contribution in [0, 0.1) is 0 Å². The number of carbonyl (C=O) groups excluding carboxylic acids is 2. The zero-order valence-electron chi connectivity index (χ0n) is 18.3. The van der Waals surface area contributed by atoms with Crippen LogP contribution in [0.15, 0.2) is 61.1 Å². The number of morpholine rings is 1. The van der Waals surface area contributed by atoms with Crippen LogP contribution in [-0.4, -0.2) is 49.3 Å². The molecule has 182 valence electrons. The maximum absolute atomic E-state index is 13.2. The Morgan fingerprint density at radius 1 is 1.11 bits per heavy atom. The van der Waals surface area contributed by atoms with Crippen molar-refractivity contribution in [2.45, 2.75) is 6.18 Å². The van der Waals surface area contributed by atoms with Crippen LogP contribution in [0.5, 0.6) is 0 Å². The molecule has 9 nitrogen and oxygen atoms in total. The third-order valence-electron chi connectivity index (χ3n) is 5.32. The fourth-order valence-electron chi connectivity index (χ4n) is 3.71. The molecule has 1 saturated heterocycles. The van der Waals surface area contributed by atoms with Crippen molar-refractivity contribution >= 4 is 39.8 Å². The summed E-state index contributed by atoms with van der Waals surface area (Å²) in [6.07, 6.45) is 0.553. The number of alkyl halides is 3. The van der Waals surface area contributed by atoms with Gasteiger partial charge < -0.3 is 20.0 Å². The van der Waals surface area contributed by atoms with E-state index in [4.69, 9.17) is 14.6 Å². The molecule has 12 heteroatoms. The first-order valence-corrected chi connectivity index (χ1v) is 10.6. The van der Waals surface area contributed by atoms with Crippen LogP contribution in [0.2, 0.25) is 0 Å².